The third kappa shape index (κ3) is 5.00. The van der Waals surface area contributed by atoms with E-state index < -0.39 is 9.84 Å². The van der Waals surface area contributed by atoms with Crippen molar-refractivity contribution in [1.82, 2.24) is 9.55 Å². The summed E-state index contributed by atoms with van der Waals surface area (Å²) in [5.41, 5.74) is 0.970. The number of aryl methyl sites for hydroxylation is 2. The van der Waals surface area contributed by atoms with E-state index in [2.05, 4.69) is 14.9 Å². The Morgan fingerprint density at radius 1 is 1.43 bits per heavy atom. The highest BCUT2D eigenvalue weighted by Crippen LogP contribution is 2.18. The molecule has 7 heteroatoms. The standard InChI is InChI=1S/C14H25N3O3S/c1-3-20-8-4-7-17-11-12(2)15-14(17)16-13-5-9-21(18,19)10-6-13/h11,13H,3-10H2,1-2H3,(H,15,16). The highest BCUT2D eigenvalue weighted by Gasteiger charge is 2.24. The average Bonchev–Trinajstić information content (AvgIpc) is 2.77. The van der Waals surface area contributed by atoms with Crippen LogP contribution >= 0.6 is 0 Å². The van der Waals surface area contributed by atoms with Gasteiger partial charge in [0.2, 0.25) is 5.95 Å². The summed E-state index contributed by atoms with van der Waals surface area (Å²) in [5, 5.41) is 3.40. The van der Waals surface area contributed by atoms with E-state index in [-0.39, 0.29) is 17.5 Å². The van der Waals surface area contributed by atoms with Gasteiger partial charge in [-0.3, -0.25) is 0 Å². The van der Waals surface area contributed by atoms with E-state index in [1.165, 1.54) is 0 Å². The zero-order chi connectivity index (χ0) is 15.3. The number of rotatable bonds is 7. The number of ether oxygens (including phenoxy) is 1. The van der Waals surface area contributed by atoms with Gasteiger partial charge in [0.1, 0.15) is 9.84 Å². The van der Waals surface area contributed by atoms with Crippen molar-refractivity contribution in [3.63, 3.8) is 0 Å². The largest absolute Gasteiger partial charge is 0.382 e. The smallest absolute Gasteiger partial charge is 0.203 e. The first-order chi connectivity index (χ1) is 10.00. The minimum absolute atomic E-state index is 0.195. The fourth-order valence-corrected chi connectivity index (χ4v) is 4.02. The maximum Gasteiger partial charge on any atom is 0.203 e. The number of hydrogen-bond acceptors (Lipinski definition) is 5. The van der Waals surface area contributed by atoms with Gasteiger partial charge in [-0.2, -0.15) is 0 Å². The summed E-state index contributed by atoms with van der Waals surface area (Å²) in [6.07, 6.45) is 4.28. The molecule has 0 saturated carbocycles. The first-order valence-corrected chi connectivity index (χ1v) is 9.41. The lowest BCUT2D eigenvalue weighted by molar-refractivity contribution is 0.142. The molecule has 2 rings (SSSR count). The second-order valence-electron chi connectivity index (χ2n) is 5.52. The Bertz CT molecular complexity index is 540. The molecule has 120 valence electrons. The van der Waals surface area contributed by atoms with Crippen molar-refractivity contribution in [2.45, 2.75) is 45.7 Å². The Morgan fingerprint density at radius 3 is 2.81 bits per heavy atom. The monoisotopic (exact) mass is 315 g/mol. The van der Waals surface area contributed by atoms with Crippen LogP contribution in [0.4, 0.5) is 5.95 Å². The van der Waals surface area contributed by atoms with E-state index in [0.717, 1.165) is 37.8 Å². The number of anilines is 1. The number of nitrogens with zero attached hydrogens (tertiary/aromatic N) is 2. The summed E-state index contributed by atoms with van der Waals surface area (Å²) in [6.45, 7) is 6.30. The van der Waals surface area contributed by atoms with Crippen LogP contribution in [-0.4, -0.2) is 48.7 Å². The predicted molar refractivity (Wildman–Crippen MR) is 83.4 cm³/mol. The fourth-order valence-electron chi connectivity index (χ4n) is 2.53. The van der Waals surface area contributed by atoms with Crippen molar-refractivity contribution in [1.29, 1.82) is 0 Å². The topological polar surface area (TPSA) is 73.2 Å². The normalized spacial score (nSPS) is 18.8. The van der Waals surface area contributed by atoms with Gasteiger partial charge < -0.3 is 14.6 Å². The molecule has 1 aliphatic rings. The Kier molecular flexibility index (Phi) is 5.64. The van der Waals surface area contributed by atoms with Crippen molar-refractivity contribution in [3.05, 3.63) is 11.9 Å². The van der Waals surface area contributed by atoms with Crippen LogP contribution in [0.25, 0.3) is 0 Å². The van der Waals surface area contributed by atoms with E-state index >= 15 is 0 Å². The molecule has 1 saturated heterocycles. The van der Waals surface area contributed by atoms with Gasteiger partial charge in [0, 0.05) is 32.0 Å². The quantitative estimate of drug-likeness (QED) is 0.774. The molecule has 0 aliphatic carbocycles. The van der Waals surface area contributed by atoms with Gasteiger partial charge in [-0.05, 0) is 33.1 Å². The summed E-state index contributed by atoms with van der Waals surface area (Å²) in [4.78, 5) is 4.50. The van der Waals surface area contributed by atoms with Crippen molar-refractivity contribution >= 4 is 15.8 Å². The molecule has 6 nitrogen and oxygen atoms in total. The minimum Gasteiger partial charge on any atom is -0.382 e. The van der Waals surface area contributed by atoms with Crippen LogP contribution in [0.3, 0.4) is 0 Å². The molecular weight excluding hydrogens is 290 g/mol. The number of imidazole rings is 1. The SMILES string of the molecule is CCOCCCn1cc(C)nc1NC1CCS(=O)(=O)CC1. The first kappa shape index (κ1) is 16.3. The Morgan fingerprint density at radius 2 is 2.14 bits per heavy atom. The molecule has 1 aromatic heterocycles. The fraction of sp³-hybridized carbons (Fsp3) is 0.786. The Hall–Kier alpha value is -1.08. The molecule has 0 spiro atoms. The van der Waals surface area contributed by atoms with E-state index in [4.69, 9.17) is 4.74 Å². The summed E-state index contributed by atoms with van der Waals surface area (Å²) in [7, 11) is -2.82. The number of aromatic nitrogens is 2. The maximum atomic E-state index is 11.5. The third-order valence-corrected chi connectivity index (χ3v) is 5.39. The van der Waals surface area contributed by atoms with Crippen LogP contribution in [0.15, 0.2) is 6.20 Å². The average molecular weight is 315 g/mol. The van der Waals surface area contributed by atoms with Crippen LogP contribution in [0.1, 0.15) is 31.9 Å². The summed E-state index contributed by atoms with van der Waals surface area (Å²) >= 11 is 0. The van der Waals surface area contributed by atoms with Crippen LogP contribution in [-0.2, 0) is 21.1 Å². The molecule has 1 aliphatic heterocycles. The van der Waals surface area contributed by atoms with Crippen LogP contribution in [0.5, 0.6) is 0 Å². The van der Waals surface area contributed by atoms with Gasteiger partial charge in [0.25, 0.3) is 0 Å². The molecule has 0 radical (unpaired) electrons. The van der Waals surface area contributed by atoms with Crippen LogP contribution < -0.4 is 5.32 Å². The van der Waals surface area contributed by atoms with E-state index in [1.807, 2.05) is 20.0 Å². The Balaban J connectivity index is 1.90. The molecule has 21 heavy (non-hydrogen) atoms. The summed E-state index contributed by atoms with van der Waals surface area (Å²) in [6, 6.07) is 0.195. The first-order valence-electron chi connectivity index (χ1n) is 7.58. The van der Waals surface area contributed by atoms with Gasteiger partial charge in [0.05, 0.1) is 17.2 Å². The molecule has 0 amide bonds. The second-order valence-corrected chi connectivity index (χ2v) is 7.82. The lowest BCUT2D eigenvalue weighted by Gasteiger charge is -2.23. The van der Waals surface area contributed by atoms with Crippen molar-refractivity contribution < 1.29 is 13.2 Å². The van der Waals surface area contributed by atoms with Crippen LogP contribution in [0, 0.1) is 6.92 Å². The molecule has 2 heterocycles. The molecule has 0 aromatic carbocycles. The molecule has 1 N–H and O–H groups in total. The zero-order valence-electron chi connectivity index (χ0n) is 12.8. The number of sulfone groups is 1. The lowest BCUT2D eigenvalue weighted by atomic mass is 10.2. The molecule has 1 aromatic rings. The highest BCUT2D eigenvalue weighted by atomic mass is 32.2. The summed E-state index contributed by atoms with van der Waals surface area (Å²) in [5.74, 6) is 1.39. The molecular formula is C14H25N3O3S. The van der Waals surface area contributed by atoms with Gasteiger partial charge in [0.15, 0.2) is 0 Å². The minimum atomic E-state index is -2.82. The van der Waals surface area contributed by atoms with Crippen molar-refractivity contribution in [3.8, 4) is 0 Å². The Labute approximate surface area is 126 Å². The molecule has 0 atom stereocenters. The number of nitrogens with one attached hydrogen (secondary N) is 1. The van der Waals surface area contributed by atoms with Gasteiger partial charge in [-0.15, -0.1) is 0 Å². The van der Waals surface area contributed by atoms with E-state index in [9.17, 15) is 8.42 Å². The lowest BCUT2D eigenvalue weighted by Crippen LogP contribution is -2.33. The predicted octanol–water partition coefficient (Wildman–Crippen LogP) is 1.61. The van der Waals surface area contributed by atoms with E-state index in [1.54, 1.807) is 0 Å². The van der Waals surface area contributed by atoms with Crippen molar-refractivity contribution in [2.24, 2.45) is 0 Å². The van der Waals surface area contributed by atoms with Gasteiger partial charge in [-0.25, -0.2) is 13.4 Å². The van der Waals surface area contributed by atoms with Crippen molar-refractivity contribution in [2.75, 3.05) is 30.0 Å². The van der Waals surface area contributed by atoms with E-state index in [0.29, 0.717) is 12.8 Å². The zero-order valence-corrected chi connectivity index (χ0v) is 13.7. The highest BCUT2D eigenvalue weighted by molar-refractivity contribution is 7.91. The molecule has 1 fully saturated rings. The second kappa shape index (κ2) is 7.26. The van der Waals surface area contributed by atoms with Gasteiger partial charge >= 0.3 is 0 Å². The van der Waals surface area contributed by atoms with Gasteiger partial charge in [-0.1, -0.05) is 0 Å². The number of hydrogen-bond donors (Lipinski definition) is 1. The summed E-state index contributed by atoms with van der Waals surface area (Å²) < 4.78 is 30.4. The third-order valence-electron chi connectivity index (χ3n) is 3.68. The molecule has 0 bridgehead atoms. The molecule has 0 unspecified atom stereocenters. The van der Waals surface area contributed by atoms with Crippen LogP contribution in [0.2, 0.25) is 0 Å². The maximum absolute atomic E-state index is 11.5.